The lowest BCUT2D eigenvalue weighted by Gasteiger charge is -2.44. The molecule has 22 heavy (non-hydrogen) atoms. The van der Waals surface area contributed by atoms with Crippen LogP contribution in [-0.2, 0) is 0 Å². The first-order valence-corrected chi connectivity index (χ1v) is 8.16. The number of rotatable bonds is 2. The van der Waals surface area contributed by atoms with Gasteiger partial charge in [-0.25, -0.2) is 0 Å². The molecule has 0 bridgehead atoms. The predicted molar refractivity (Wildman–Crippen MR) is 87.9 cm³/mol. The average molecular weight is 346 g/mol. The number of nitro groups is 1. The largest absolute Gasteiger partial charge is 0.338 e. The van der Waals surface area contributed by atoms with Gasteiger partial charge in [0.25, 0.3) is 5.91 Å². The van der Waals surface area contributed by atoms with Crippen LogP contribution in [0.3, 0.4) is 0 Å². The summed E-state index contributed by atoms with van der Waals surface area (Å²) in [7, 11) is 0. The zero-order chi connectivity index (χ0) is 14.9. The van der Waals surface area contributed by atoms with Gasteiger partial charge in [-0.2, -0.15) is 0 Å². The van der Waals surface area contributed by atoms with Crippen molar-refractivity contribution < 1.29 is 9.72 Å². The van der Waals surface area contributed by atoms with Gasteiger partial charge in [0.1, 0.15) is 0 Å². The fourth-order valence-electron chi connectivity index (χ4n) is 3.34. The number of halogens is 1. The summed E-state index contributed by atoms with van der Waals surface area (Å²) in [6.07, 6.45) is 4.49. The molecule has 1 spiro atoms. The van der Waals surface area contributed by atoms with Crippen molar-refractivity contribution in [3.8, 4) is 0 Å². The van der Waals surface area contributed by atoms with E-state index in [0.29, 0.717) is 10.3 Å². The Hall–Kier alpha value is -1.18. The molecule has 8 heteroatoms. The highest BCUT2D eigenvalue weighted by Crippen LogP contribution is 2.40. The molecule has 2 aliphatic rings. The van der Waals surface area contributed by atoms with E-state index in [1.54, 1.807) is 6.07 Å². The Bertz CT molecular complexity index is 547. The van der Waals surface area contributed by atoms with Crippen LogP contribution in [0.4, 0.5) is 5.00 Å². The molecule has 0 atom stereocenters. The minimum atomic E-state index is -0.443. The number of carbonyl (C=O) groups is 1. The number of amides is 1. The monoisotopic (exact) mass is 345 g/mol. The van der Waals surface area contributed by atoms with Gasteiger partial charge in [0.05, 0.1) is 9.80 Å². The number of nitrogens with zero attached hydrogens (tertiary/aromatic N) is 2. The highest BCUT2D eigenvalue weighted by Gasteiger charge is 2.37. The van der Waals surface area contributed by atoms with Crippen molar-refractivity contribution in [2.75, 3.05) is 26.2 Å². The number of hydrogen-bond acceptors (Lipinski definition) is 5. The van der Waals surface area contributed by atoms with Crippen molar-refractivity contribution >= 4 is 34.7 Å². The van der Waals surface area contributed by atoms with Gasteiger partial charge >= 0.3 is 5.00 Å². The predicted octanol–water partition coefficient (Wildman–Crippen LogP) is 2.68. The van der Waals surface area contributed by atoms with E-state index in [-0.39, 0.29) is 23.3 Å². The van der Waals surface area contributed by atoms with E-state index in [1.165, 1.54) is 18.9 Å². The summed E-state index contributed by atoms with van der Waals surface area (Å²) in [5, 5.41) is 14.1. The minimum absolute atomic E-state index is 0. The number of nitrogens with one attached hydrogen (secondary N) is 1. The van der Waals surface area contributed by atoms with E-state index in [2.05, 4.69) is 5.32 Å². The number of piperidine rings is 2. The number of hydrogen-bond donors (Lipinski definition) is 1. The molecule has 1 aromatic rings. The Morgan fingerprint density at radius 3 is 2.41 bits per heavy atom. The second-order valence-electron chi connectivity index (χ2n) is 5.94. The molecule has 0 aliphatic carbocycles. The van der Waals surface area contributed by atoms with E-state index >= 15 is 0 Å². The number of likely N-dealkylation sites (tertiary alicyclic amines) is 1. The standard InChI is InChI=1S/C14H19N3O3S.ClH/c18-13(11-1-2-12(21-11)17(19)20)16-9-5-14(6-10-16)3-7-15-8-4-14;/h1-2,15H,3-10H2;1H. The van der Waals surface area contributed by atoms with E-state index in [0.717, 1.165) is 50.4 Å². The summed E-state index contributed by atoms with van der Waals surface area (Å²) in [6.45, 7) is 3.69. The Labute approximate surface area is 139 Å². The normalized spacial score (nSPS) is 20.5. The summed E-state index contributed by atoms with van der Waals surface area (Å²) in [5.74, 6) is -0.0584. The lowest BCUT2D eigenvalue weighted by Crippen LogP contribution is -2.47. The lowest BCUT2D eigenvalue weighted by atomic mass is 9.71. The van der Waals surface area contributed by atoms with Crippen LogP contribution in [0.25, 0.3) is 0 Å². The van der Waals surface area contributed by atoms with E-state index in [1.807, 2.05) is 4.90 Å². The Balaban J connectivity index is 0.00000176. The maximum absolute atomic E-state index is 12.4. The first kappa shape index (κ1) is 17.2. The summed E-state index contributed by atoms with van der Waals surface area (Å²) in [4.78, 5) is 25.0. The van der Waals surface area contributed by atoms with Crippen LogP contribution in [-0.4, -0.2) is 41.9 Å². The Morgan fingerprint density at radius 2 is 1.86 bits per heavy atom. The summed E-state index contributed by atoms with van der Waals surface area (Å²) >= 11 is 0.970. The molecular weight excluding hydrogens is 326 g/mol. The molecule has 0 unspecified atom stereocenters. The van der Waals surface area contributed by atoms with E-state index < -0.39 is 4.92 Å². The minimum Gasteiger partial charge on any atom is -0.338 e. The van der Waals surface area contributed by atoms with Crippen LogP contribution >= 0.6 is 23.7 Å². The molecule has 1 aromatic heterocycles. The van der Waals surface area contributed by atoms with Crippen LogP contribution < -0.4 is 5.32 Å². The maximum Gasteiger partial charge on any atom is 0.324 e. The van der Waals surface area contributed by atoms with Crippen molar-refractivity contribution in [2.45, 2.75) is 25.7 Å². The highest BCUT2D eigenvalue weighted by molar-refractivity contribution is 7.17. The quantitative estimate of drug-likeness (QED) is 0.660. The Kier molecular flexibility index (Phi) is 5.41. The summed E-state index contributed by atoms with van der Waals surface area (Å²) < 4.78 is 0. The topological polar surface area (TPSA) is 75.5 Å². The molecule has 2 fully saturated rings. The third-order valence-electron chi connectivity index (χ3n) is 4.76. The second kappa shape index (κ2) is 6.93. The SMILES string of the molecule is Cl.O=C(c1ccc([N+](=O)[O-])s1)N1CCC2(CCNCC2)CC1. The molecule has 1 amide bonds. The van der Waals surface area contributed by atoms with Crippen molar-refractivity contribution in [3.63, 3.8) is 0 Å². The van der Waals surface area contributed by atoms with E-state index in [4.69, 9.17) is 0 Å². The second-order valence-corrected chi connectivity index (χ2v) is 7.00. The molecule has 0 radical (unpaired) electrons. The third kappa shape index (κ3) is 3.42. The van der Waals surface area contributed by atoms with E-state index in [9.17, 15) is 14.9 Å². The van der Waals surface area contributed by atoms with Crippen LogP contribution in [0.1, 0.15) is 35.4 Å². The van der Waals surface area contributed by atoms with Gasteiger partial charge < -0.3 is 10.2 Å². The molecule has 6 nitrogen and oxygen atoms in total. The molecule has 2 aliphatic heterocycles. The molecular formula is C14H20ClN3O3S. The molecule has 3 rings (SSSR count). The van der Waals surface area contributed by atoms with Gasteiger partial charge in [-0.3, -0.25) is 14.9 Å². The zero-order valence-corrected chi connectivity index (χ0v) is 13.9. The Morgan fingerprint density at radius 1 is 1.23 bits per heavy atom. The average Bonchev–Trinajstić information content (AvgIpc) is 2.98. The van der Waals surface area contributed by atoms with Gasteiger partial charge in [0, 0.05) is 19.2 Å². The zero-order valence-electron chi connectivity index (χ0n) is 12.2. The van der Waals surface area contributed by atoms with Crippen molar-refractivity contribution in [2.24, 2.45) is 5.41 Å². The van der Waals surface area contributed by atoms with Crippen molar-refractivity contribution in [1.29, 1.82) is 0 Å². The smallest absolute Gasteiger partial charge is 0.324 e. The van der Waals surface area contributed by atoms with Gasteiger partial charge in [0.15, 0.2) is 0 Å². The van der Waals surface area contributed by atoms with Gasteiger partial charge in [-0.1, -0.05) is 11.3 Å². The molecule has 0 saturated carbocycles. The van der Waals surface area contributed by atoms with Gasteiger partial charge in [-0.15, -0.1) is 12.4 Å². The number of thiophene rings is 1. The molecule has 122 valence electrons. The first-order valence-electron chi connectivity index (χ1n) is 7.34. The van der Waals surface area contributed by atoms with Crippen molar-refractivity contribution in [3.05, 3.63) is 27.1 Å². The maximum atomic E-state index is 12.4. The fraction of sp³-hybridized carbons (Fsp3) is 0.643. The summed E-state index contributed by atoms with van der Waals surface area (Å²) in [6, 6.07) is 2.98. The van der Waals surface area contributed by atoms with Gasteiger partial charge in [0.2, 0.25) is 0 Å². The third-order valence-corrected chi connectivity index (χ3v) is 5.78. The van der Waals surface area contributed by atoms with Crippen LogP contribution in [0.5, 0.6) is 0 Å². The molecule has 0 aromatic carbocycles. The van der Waals surface area contributed by atoms with Crippen LogP contribution in [0, 0.1) is 15.5 Å². The molecule has 2 saturated heterocycles. The number of carbonyl (C=O) groups excluding carboxylic acids is 1. The molecule has 3 heterocycles. The van der Waals surface area contributed by atoms with Crippen LogP contribution in [0.2, 0.25) is 0 Å². The first-order chi connectivity index (χ1) is 10.1. The van der Waals surface area contributed by atoms with Crippen molar-refractivity contribution in [1.82, 2.24) is 10.2 Å². The molecule has 1 N–H and O–H groups in total. The highest BCUT2D eigenvalue weighted by atomic mass is 35.5. The fourth-order valence-corrected chi connectivity index (χ4v) is 4.13. The van der Waals surface area contributed by atoms with Crippen LogP contribution in [0.15, 0.2) is 12.1 Å². The lowest BCUT2D eigenvalue weighted by molar-refractivity contribution is -0.380. The summed E-state index contributed by atoms with van der Waals surface area (Å²) in [5.41, 5.74) is 0.406. The van der Waals surface area contributed by atoms with Gasteiger partial charge in [-0.05, 0) is 50.3 Å².